The van der Waals surface area contributed by atoms with Crippen molar-refractivity contribution >= 4 is 5.95 Å². The summed E-state index contributed by atoms with van der Waals surface area (Å²) in [6.45, 7) is 7.83. The highest BCUT2D eigenvalue weighted by Gasteiger charge is 2.28. The van der Waals surface area contributed by atoms with Gasteiger partial charge in [-0.3, -0.25) is 0 Å². The standard InChI is InChI=1S/C9H18N4O/c1-6(2)14-9(3,4)7-11-8(10)13(5)12-7/h6H,1-5H3,(H2,10,11,12). The van der Waals surface area contributed by atoms with E-state index in [9.17, 15) is 0 Å². The van der Waals surface area contributed by atoms with Gasteiger partial charge in [-0.05, 0) is 27.7 Å². The molecule has 0 atom stereocenters. The van der Waals surface area contributed by atoms with Crippen molar-refractivity contribution in [1.29, 1.82) is 0 Å². The second-order valence-corrected chi connectivity index (χ2v) is 4.09. The molecule has 0 bridgehead atoms. The number of rotatable bonds is 3. The lowest BCUT2D eigenvalue weighted by Gasteiger charge is -2.24. The Bertz CT molecular complexity index is 297. The predicted octanol–water partition coefficient (Wildman–Crippen LogP) is 1.06. The fraction of sp³-hybridized carbons (Fsp3) is 0.778. The highest BCUT2D eigenvalue weighted by Crippen LogP contribution is 2.23. The maximum Gasteiger partial charge on any atom is 0.218 e. The second-order valence-electron chi connectivity index (χ2n) is 4.09. The van der Waals surface area contributed by atoms with Crippen LogP contribution in [0.15, 0.2) is 0 Å². The van der Waals surface area contributed by atoms with Gasteiger partial charge < -0.3 is 10.5 Å². The summed E-state index contributed by atoms with van der Waals surface area (Å²) in [6, 6.07) is 0. The van der Waals surface area contributed by atoms with E-state index in [0.29, 0.717) is 11.8 Å². The van der Waals surface area contributed by atoms with E-state index in [1.54, 1.807) is 11.7 Å². The lowest BCUT2D eigenvalue weighted by Crippen LogP contribution is -2.27. The van der Waals surface area contributed by atoms with Crippen molar-refractivity contribution < 1.29 is 4.74 Å². The number of hydrogen-bond donors (Lipinski definition) is 1. The molecule has 14 heavy (non-hydrogen) atoms. The summed E-state index contributed by atoms with van der Waals surface area (Å²) in [7, 11) is 1.76. The smallest absolute Gasteiger partial charge is 0.218 e. The van der Waals surface area contributed by atoms with Crippen LogP contribution in [0, 0.1) is 0 Å². The Hall–Kier alpha value is -1.10. The Morgan fingerprint density at radius 1 is 1.43 bits per heavy atom. The van der Waals surface area contributed by atoms with Gasteiger partial charge in [0.2, 0.25) is 5.95 Å². The molecule has 0 saturated heterocycles. The molecule has 0 fully saturated rings. The zero-order valence-corrected chi connectivity index (χ0v) is 9.40. The van der Waals surface area contributed by atoms with Gasteiger partial charge in [0.25, 0.3) is 0 Å². The second kappa shape index (κ2) is 3.57. The van der Waals surface area contributed by atoms with Crippen LogP contribution in [-0.2, 0) is 17.4 Å². The van der Waals surface area contributed by atoms with Crippen molar-refractivity contribution in [2.24, 2.45) is 7.05 Å². The highest BCUT2D eigenvalue weighted by molar-refractivity contribution is 5.17. The first-order chi connectivity index (χ1) is 6.33. The molecule has 0 radical (unpaired) electrons. The van der Waals surface area contributed by atoms with E-state index in [-0.39, 0.29) is 6.10 Å². The molecule has 1 aromatic rings. The van der Waals surface area contributed by atoms with Gasteiger partial charge in [0.1, 0.15) is 5.60 Å². The Labute approximate surface area is 84.3 Å². The largest absolute Gasteiger partial charge is 0.368 e. The highest BCUT2D eigenvalue weighted by atomic mass is 16.5. The molecule has 1 aromatic heterocycles. The number of nitrogens with two attached hydrogens (primary N) is 1. The average Bonchev–Trinajstić information content (AvgIpc) is 2.30. The molecule has 0 amide bonds. The molecule has 0 aliphatic rings. The molecule has 0 unspecified atom stereocenters. The summed E-state index contributed by atoms with van der Waals surface area (Å²) < 4.78 is 7.24. The normalized spacial score (nSPS) is 12.4. The Balaban J connectivity index is 2.91. The minimum atomic E-state index is -0.496. The average molecular weight is 198 g/mol. The van der Waals surface area contributed by atoms with Crippen LogP contribution in [0.5, 0.6) is 0 Å². The number of nitrogen functional groups attached to an aromatic ring is 1. The van der Waals surface area contributed by atoms with E-state index in [0.717, 1.165) is 0 Å². The first kappa shape index (κ1) is 11.0. The Morgan fingerprint density at radius 2 is 2.00 bits per heavy atom. The maximum absolute atomic E-state index is 5.70. The fourth-order valence-electron chi connectivity index (χ4n) is 1.29. The van der Waals surface area contributed by atoms with Crippen LogP contribution in [-0.4, -0.2) is 20.9 Å². The molecule has 80 valence electrons. The van der Waals surface area contributed by atoms with Gasteiger partial charge in [-0.15, -0.1) is 0 Å². The summed E-state index contributed by atoms with van der Waals surface area (Å²) in [5.74, 6) is 1.02. The Kier molecular flexibility index (Phi) is 2.80. The van der Waals surface area contributed by atoms with E-state index >= 15 is 0 Å². The van der Waals surface area contributed by atoms with Crippen molar-refractivity contribution in [3.05, 3.63) is 5.82 Å². The van der Waals surface area contributed by atoms with Crippen LogP contribution >= 0.6 is 0 Å². The summed E-state index contributed by atoms with van der Waals surface area (Å²) in [5, 5.41) is 4.19. The van der Waals surface area contributed by atoms with Gasteiger partial charge in [-0.2, -0.15) is 10.1 Å². The van der Waals surface area contributed by atoms with Crippen molar-refractivity contribution in [2.45, 2.75) is 39.4 Å². The van der Waals surface area contributed by atoms with Gasteiger partial charge in [0.05, 0.1) is 6.10 Å². The lowest BCUT2D eigenvalue weighted by molar-refractivity contribution is -0.0656. The zero-order valence-electron chi connectivity index (χ0n) is 9.40. The lowest BCUT2D eigenvalue weighted by atomic mass is 10.1. The summed E-state index contributed by atoms with van der Waals surface area (Å²) in [5.41, 5.74) is 5.11. The molecule has 5 nitrogen and oxygen atoms in total. The van der Waals surface area contributed by atoms with Crippen molar-refractivity contribution in [3.63, 3.8) is 0 Å². The van der Waals surface area contributed by atoms with Crippen molar-refractivity contribution in [1.82, 2.24) is 14.8 Å². The summed E-state index contributed by atoms with van der Waals surface area (Å²) in [4.78, 5) is 4.14. The molecule has 2 N–H and O–H groups in total. The van der Waals surface area contributed by atoms with Crippen LogP contribution < -0.4 is 5.73 Å². The van der Waals surface area contributed by atoms with Crippen LogP contribution in [0.1, 0.15) is 33.5 Å². The number of anilines is 1. The molecule has 0 saturated carbocycles. The first-order valence-corrected chi connectivity index (χ1v) is 4.67. The summed E-state index contributed by atoms with van der Waals surface area (Å²) in [6.07, 6.45) is 0.134. The zero-order chi connectivity index (χ0) is 10.9. The minimum absolute atomic E-state index is 0.134. The predicted molar refractivity (Wildman–Crippen MR) is 54.7 cm³/mol. The third-order valence-electron chi connectivity index (χ3n) is 1.87. The molecule has 0 aromatic carbocycles. The van der Waals surface area contributed by atoms with E-state index in [2.05, 4.69) is 10.1 Å². The van der Waals surface area contributed by atoms with E-state index < -0.39 is 5.60 Å². The minimum Gasteiger partial charge on any atom is -0.368 e. The van der Waals surface area contributed by atoms with E-state index in [1.165, 1.54) is 0 Å². The summed E-state index contributed by atoms with van der Waals surface area (Å²) >= 11 is 0. The maximum atomic E-state index is 5.70. The van der Waals surface area contributed by atoms with Gasteiger partial charge in [0.15, 0.2) is 5.82 Å². The molecule has 1 heterocycles. The van der Waals surface area contributed by atoms with Crippen LogP contribution in [0.3, 0.4) is 0 Å². The topological polar surface area (TPSA) is 66.0 Å². The Morgan fingerprint density at radius 3 is 2.36 bits per heavy atom. The number of aromatic nitrogens is 3. The third kappa shape index (κ3) is 2.23. The monoisotopic (exact) mass is 198 g/mol. The van der Waals surface area contributed by atoms with Crippen molar-refractivity contribution in [3.8, 4) is 0 Å². The molecule has 1 rings (SSSR count). The molecule has 0 aliphatic carbocycles. The van der Waals surface area contributed by atoms with Crippen LogP contribution in [0.25, 0.3) is 0 Å². The van der Waals surface area contributed by atoms with Gasteiger partial charge in [-0.1, -0.05) is 0 Å². The van der Waals surface area contributed by atoms with Crippen LogP contribution in [0.4, 0.5) is 5.95 Å². The van der Waals surface area contributed by atoms with Crippen molar-refractivity contribution in [2.75, 3.05) is 5.73 Å². The quantitative estimate of drug-likeness (QED) is 0.788. The van der Waals surface area contributed by atoms with Gasteiger partial charge in [0, 0.05) is 7.05 Å². The molecule has 0 aliphatic heterocycles. The molecule has 0 spiro atoms. The van der Waals surface area contributed by atoms with Crippen LogP contribution in [0.2, 0.25) is 0 Å². The van der Waals surface area contributed by atoms with Gasteiger partial charge >= 0.3 is 0 Å². The third-order valence-corrected chi connectivity index (χ3v) is 1.87. The first-order valence-electron chi connectivity index (χ1n) is 4.67. The number of ether oxygens (including phenoxy) is 1. The molecular formula is C9H18N4O. The molecule has 5 heteroatoms. The number of nitrogens with zero attached hydrogens (tertiary/aromatic N) is 3. The SMILES string of the molecule is CC(C)OC(C)(C)c1nc(N)n(C)n1. The number of aryl methyl sites for hydroxylation is 1. The fourth-order valence-corrected chi connectivity index (χ4v) is 1.29. The van der Waals surface area contributed by atoms with E-state index in [4.69, 9.17) is 10.5 Å². The number of hydrogen-bond acceptors (Lipinski definition) is 4. The van der Waals surface area contributed by atoms with E-state index in [1.807, 2.05) is 27.7 Å². The molecular weight excluding hydrogens is 180 g/mol. The van der Waals surface area contributed by atoms with Gasteiger partial charge in [-0.25, -0.2) is 4.68 Å².